The smallest absolute Gasteiger partial charge is 0.293 e. The lowest BCUT2D eigenvalue weighted by atomic mass is 10.0. The second kappa shape index (κ2) is 8.77. The number of rotatable bonds is 5. The van der Waals surface area contributed by atoms with Crippen LogP contribution in [0.1, 0.15) is 29.1 Å². The molecular formula is C23H24FN3O4. The van der Waals surface area contributed by atoms with Crippen molar-refractivity contribution in [1.29, 1.82) is 0 Å². The number of halogens is 1. The molecule has 7 nitrogen and oxygen atoms in total. The molecule has 0 spiro atoms. The van der Waals surface area contributed by atoms with Crippen LogP contribution in [0.4, 0.5) is 10.1 Å². The van der Waals surface area contributed by atoms with Crippen LogP contribution in [0.25, 0.3) is 11.3 Å². The van der Waals surface area contributed by atoms with E-state index in [2.05, 4.69) is 10.1 Å². The number of hydrogen-bond acceptors (Lipinski definition) is 6. The molecule has 1 N–H and O–H groups in total. The Bertz CT molecular complexity index is 1060. The molecule has 8 heteroatoms. The monoisotopic (exact) mass is 425 g/mol. The minimum atomic E-state index is -0.972. The van der Waals surface area contributed by atoms with Crippen LogP contribution < -0.4 is 9.64 Å². The Morgan fingerprint density at radius 1 is 1.13 bits per heavy atom. The number of carbonyl (C=O) groups excluding carboxylic acids is 1. The summed E-state index contributed by atoms with van der Waals surface area (Å²) >= 11 is 0. The molecule has 31 heavy (non-hydrogen) atoms. The topological polar surface area (TPSA) is 79.0 Å². The molecule has 1 amide bonds. The molecule has 2 aromatic carbocycles. The fourth-order valence-corrected chi connectivity index (χ4v) is 3.84. The average Bonchev–Trinajstić information content (AvgIpc) is 3.24. The van der Waals surface area contributed by atoms with Crippen molar-refractivity contribution >= 4 is 11.6 Å². The van der Waals surface area contributed by atoms with Gasteiger partial charge < -0.3 is 24.2 Å². The summed E-state index contributed by atoms with van der Waals surface area (Å²) in [5.41, 5.74) is 2.20. The first-order valence-electron chi connectivity index (χ1n) is 10.1. The number of methoxy groups -OCH3 is 1. The molecule has 1 fully saturated rings. The first-order valence-corrected chi connectivity index (χ1v) is 10.1. The molecule has 1 atom stereocenters. The number of piperazine rings is 1. The fourth-order valence-electron chi connectivity index (χ4n) is 3.84. The SMILES string of the molecule is COc1ccccc1N1CCN(C(=O)c2onc(-c3ccc(F)cc3)c2C(C)O)CC1. The first kappa shape index (κ1) is 20.9. The number of para-hydroxylation sites is 2. The van der Waals surface area contributed by atoms with Crippen LogP contribution in [0.15, 0.2) is 53.1 Å². The van der Waals surface area contributed by atoms with Gasteiger partial charge in [0.2, 0.25) is 5.76 Å². The van der Waals surface area contributed by atoms with Crippen molar-refractivity contribution in [3.63, 3.8) is 0 Å². The van der Waals surface area contributed by atoms with Gasteiger partial charge in [-0.05, 0) is 43.3 Å². The summed E-state index contributed by atoms with van der Waals surface area (Å²) in [5, 5.41) is 14.3. The third-order valence-corrected chi connectivity index (χ3v) is 5.45. The lowest BCUT2D eigenvalue weighted by Gasteiger charge is -2.36. The molecule has 162 valence electrons. The number of hydrogen-bond donors (Lipinski definition) is 1. The Kier molecular flexibility index (Phi) is 5.90. The molecule has 1 aromatic heterocycles. The summed E-state index contributed by atoms with van der Waals surface area (Å²) in [5.74, 6) is 0.101. The molecule has 1 aliphatic heterocycles. The van der Waals surface area contributed by atoms with E-state index < -0.39 is 6.10 Å². The average molecular weight is 425 g/mol. The summed E-state index contributed by atoms with van der Waals surface area (Å²) in [6.45, 7) is 3.80. The second-order valence-corrected chi connectivity index (χ2v) is 7.41. The zero-order chi connectivity index (χ0) is 22.0. The zero-order valence-electron chi connectivity index (χ0n) is 17.4. The zero-order valence-corrected chi connectivity index (χ0v) is 17.4. The second-order valence-electron chi connectivity index (χ2n) is 7.41. The number of ether oxygens (including phenoxy) is 1. The number of amides is 1. The maximum absolute atomic E-state index is 13.3. The van der Waals surface area contributed by atoms with Gasteiger partial charge in [-0.15, -0.1) is 0 Å². The third-order valence-electron chi connectivity index (χ3n) is 5.45. The van der Waals surface area contributed by atoms with Crippen LogP contribution in [-0.2, 0) is 0 Å². The number of aromatic nitrogens is 1. The number of aliphatic hydroxyl groups is 1. The molecule has 1 aliphatic rings. The Morgan fingerprint density at radius 2 is 1.81 bits per heavy atom. The largest absolute Gasteiger partial charge is 0.495 e. The summed E-state index contributed by atoms with van der Waals surface area (Å²) < 4.78 is 24.1. The van der Waals surface area contributed by atoms with Gasteiger partial charge in [0.25, 0.3) is 5.91 Å². The van der Waals surface area contributed by atoms with E-state index >= 15 is 0 Å². The maximum Gasteiger partial charge on any atom is 0.293 e. The van der Waals surface area contributed by atoms with Crippen molar-refractivity contribution in [3.8, 4) is 17.0 Å². The van der Waals surface area contributed by atoms with Gasteiger partial charge in [0.05, 0.1) is 24.5 Å². The number of aliphatic hydroxyl groups excluding tert-OH is 1. The first-order chi connectivity index (χ1) is 15.0. The highest BCUT2D eigenvalue weighted by Gasteiger charge is 2.31. The molecule has 0 aliphatic carbocycles. The van der Waals surface area contributed by atoms with E-state index in [-0.39, 0.29) is 17.5 Å². The lowest BCUT2D eigenvalue weighted by Crippen LogP contribution is -2.49. The fraction of sp³-hybridized carbons (Fsp3) is 0.304. The molecule has 1 saturated heterocycles. The summed E-state index contributed by atoms with van der Waals surface area (Å²) in [4.78, 5) is 17.0. The normalized spacial score (nSPS) is 15.1. The van der Waals surface area contributed by atoms with Gasteiger partial charge in [-0.3, -0.25) is 4.79 Å². The van der Waals surface area contributed by atoms with E-state index in [1.54, 1.807) is 31.1 Å². The van der Waals surface area contributed by atoms with E-state index in [0.29, 0.717) is 43.0 Å². The summed E-state index contributed by atoms with van der Waals surface area (Å²) in [6.07, 6.45) is -0.972. The Balaban J connectivity index is 1.53. The highest BCUT2D eigenvalue weighted by atomic mass is 19.1. The summed E-state index contributed by atoms with van der Waals surface area (Å²) in [7, 11) is 1.64. The van der Waals surface area contributed by atoms with Crippen molar-refractivity contribution in [3.05, 3.63) is 65.7 Å². The van der Waals surface area contributed by atoms with Gasteiger partial charge in [0.1, 0.15) is 17.3 Å². The Morgan fingerprint density at radius 3 is 2.45 bits per heavy atom. The number of nitrogens with zero attached hydrogens (tertiary/aromatic N) is 3. The number of benzene rings is 2. The summed E-state index contributed by atoms with van der Waals surface area (Å²) in [6, 6.07) is 13.5. The van der Waals surface area contributed by atoms with Crippen molar-refractivity contribution in [1.82, 2.24) is 10.1 Å². The molecular weight excluding hydrogens is 401 g/mol. The van der Waals surface area contributed by atoms with Gasteiger partial charge >= 0.3 is 0 Å². The minimum Gasteiger partial charge on any atom is -0.495 e. The molecule has 2 heterocycles. The molecule has 0 radical (unpaired) electrons. The van der Waals surface area contributed by atoms with Crippen LogP contribution in [-0.4, -0.2) is 54.4 Å². The predicted molar refractivity (Wildman–Crippen MR) is 114 cm³/mol. The lowest BCUT2D eigenvalue weighted by molar-refractivity contribution is 0.0696. The number of carbonyl (C=O) groups is 1. The van der Waals surface area contributed by atoms with Crippen LogP contribution in [0.5, 0.6) is 5.75 Å². The Labute approximate surface area is 179 Å². The molecule has 4 rings (SSSR count). The number of anilines is 1. The van der Waals surface area contributed by atoms with Gasteiger partial charge in [0.15, 0.2) is 0 Å². The van der Waals surface area contributed by atoms with Crippen LogP contribution >= 0.6 is 0 Å². The van der Waals surface area contributed by atoms with E-state index in [4.69, 9.17) is 9.26 Å². The van der Waals surface area contributed by atoms with Gasteiger partial charge in [-0.25, -0.2) is 4.39 Å². The van der Waals surface area contributed by atoms with Gasteiger partial charge in [0, 0.05) is 31.7 Å². The molecule has 3 aromatic rings. The quantitative estimate of drug-likeness (QED) is 0.674. The van der Waals surface area contributed by atoms with Crippen LogP contribution in [0, 0.1) is 5.82 Å². The van der Waals surface area contributed by atoms with Crippen molar-refractivity contribution < 1.29 is 23.6 Å². The van der Waals surface area contributed by atoms with Gasteiger partial charge in [-0.1, -0.05) is 17.3 Å². The van der Waals surface area contributed by atoms with E-state index in [1.807, 2.05) is 24.3 Å². The van der Waals surface area contributed by atoms with Crippen molar-refractivity contribution in [2.45, 2.75) is 13.0 Å². The highest BCUT2D eigenvalue weighted by molar-refractivity contribution is 5.95. The van der Waals surface area contributed by atoms with Gasteiger partial charge in [-0.2, -0.15) is 0 Å². The maximum atomic E-state index is 13.3. The highest BCUT2D eigenvalue weighted by Crippen LogP contribution is 2.32. The van der Waals surface area contributed by atoms with E-state index in [0.717, 1.165) is 11.4 Å². The minimum absolute atomic E-state index is 0.0140. The van der Waals surface area contributed by atoms with Crippen molar-refractivity contribution in [2.24, 2.45) is 0 Å². The molecule has 1 unspecified atom stereocenters. The predicted octanol–water partition coefficient (Wildman–Crippen LogP) is 3.51. The third kappa shape index (κ3) is 4.11. The van der Waals surface area contributed by atoms with E-state index in [1.165, 1.54) is 12.1 Å². The molecule has 0 saturated carbocycles. The van der Waals surface area contributed by atoms with Crippen LogP contribution in [0.3, 0.4) is 0 Å². The van der Waals surface area contributed by atoms with Crippen LogP contribution in [0.2, 0.25) is 0 Å². The van der Waals surface area contributed by atoms with Crippen molar-refractivity contribution in [2.75, 3.05) is 38.2 Å². The van der Waals surface area contributed by atoms with E-state index in [9.17, 15) is 14.3 Å². The molecule has 0 bridgehead atoms. The standard InChI is InChI=1S/C23H24FN3O4/c1-15(28)20-21(16-7-9-17(24)10-8-16)25-31-22(20)23(29)27-13-11-26(12-14-27)18-5-3-4-6-19(18)30-2/h3-10,15,28H,11-14H2,1-2H3. The Hall–Kier alpha value is -3.39.